The van der Waals surface area contributed by atoms with Gasteiger partial charge in [0.05, 0.1) is 6.10 Å². The monoisotopic (exact) mass is 318 g/mol. The predicted molar refractivity (Wildman–Crippen MR) is 102 cm³/mol. The molecule has 0 saturated carbocycles. The van der Waals surface area contributed by atoms with Gasteiger partial charge in [0.25, 0.3) is 0 Å². The summed E-state index contributed by atoms with van der Waals surface area (Å²) >= 11 is 0. The Labute approximate surface area is 145 Å². The molecule has 132 valence electrons. The van der Waals surface area contributed by atoms with Crippen LogP contribution in [0.15, 0.2) is 12.2 Å². The molecule has 1 heterocycles. The third kappa shape index (κ3) is 11.4. The van der Waals surface area contributed by atoms with E-state index in [0.717, 1.165) is 6.42 Å². The summed E-state index contributed by atoms with van der Waals surface area (Å²) in [5.41, 5.74) is 0. The second kappa shape index (κ2) is 14.8. The maximum atomic E-state index is 5.96. The lowest BCUT2D eigenvalue weighted by atomic mass is 10.1. The molecule has 0 aromatic heterocycles. The number of hydrogen-bond acceptors (Lipinski definition) is 1. The summed E-state index contributed by atoms with van der Waals surface area (Å²) in [5.74, 6) is 6.43. The van der Waals surface area contributed by atoms with Crippen molar-refractivity contribution in [1.29, 1.82) is 0 Å². The number of ether oxygens (including phenoxy) is 1. The molecule has 1 aliphatic heterocycles. The van der Waals surface area contributed by atoms with Gasteiger partial charge in [0.15, 0.2) is 0 Å². The molecule has 2 atom stereocenters. The van der Waals surface area contributed by atoms with E-state index in [1.54, 1.807) is 0 Å². The maximum absolute atomic E-state index is 5.96. The number of unbranched alkanes of at least 4 members (excludes halogenated alkanes) is 9. The molecule has 0 bridgehead atoms. The van der Waals surface area contributed by atoms with Crippen molar-refractivity contribution < 1.29 is 4.74 Å². The smallest absolute Gasteiger partial charge is 0.119 e. The Morgan fingerprint density at radius 1 is 0.870 bits per heavy atom. The van der Waals surface area contributed by atoms with E-state index >= 15 is 0 Å². The van der Waals surface area contributed by atoms with Crippen molar-refractivity contribution in [3.8, 4) is 11.8 Å². The molecular weight excluding hydrogens is 280 g/mol. The minimum atomic E-state index is 0.185. The van der Waals surface area contributed by atoms with Gasteiger partial charge in [-0.15, -0.1) is 0 Å². The van der Waals surface area contributed by atoms with Crippen LogP contribution in [0.2, 0.25) is 0 Å². The SMILES string of the molecule is CCCCCCCCCC/C=C/C#C[C@H]1CC[C@@H](CCCC)O1. The first-order chi connectivity index (χ1) is 11.4. The summed E-state index contributed by atoms with van der Waals surface area (Å²) in [6.45, 7) is 4.52. The Morgan fingerprint density at radius 2 is 1.57 bits per heavy atom. The van der Waals surface area contributed by atoms with Gasteiger partial charge < -0.3 is 4.74 Å². The van der Waals surface area contributed by atoms with E-state index in [4.69, 9.17) is 4.74 Å². The molecule has 0 N–H and O–H groups in total. The lowest BCUT2D eigenvalue weighted by molar-refractivity contribution is 0.0690. The zero-order chi connectivity index (χ0) is 16.6. The average molecular weight is 319 g/mol. The Morgan fingerprint density at radius 3 is 2.30 bits per heavy atom. The van der Waals surface area contributed by atoms with E-state index in [0.29, 0.717) is 6.10 Å². The van der Waals surface area contributed by atoms with Crippen LogP contribution >= 0.6 is 0 Å². The topological polar surface area (TPSA) is 9.23 Å². The number of rotatable bonds is 12. The first-order valence-electron chi connectivity index (χ1n) is 10.2. The van der Waals surface area contributed by atoms with E-state index in [2.05, 4.69) is 31.8 Å². The van der Waals surface area contributed by atoms with E-state index in [9.17, 15) is 0 Å². The molecule has 0 aromatic rings. The van der Waals surface area contributed by atoms with Crippen LogP contribution in [0.1, 0.15) is 104 Å². The van der Waals surface area contributed by atoms with Gasteiger partial charge in [0.2, 0.25) is 0 Å². The quantitative estimate of drug-likeness (QED) is 0.283. The van der Waals surface area contributed by atoms with Gasteiger partial charge in [-0.2, -0.15) is 0 Å². The van der Waals surface area contributed by atoms with Gasteiger partial charge in [-0.25, -0.2) is 0 Å². The molecule has 1 heteroatoms. The van der Waals surface area contributed by atoms with Crippen molar-refractivity contribution in [2.75, 3.05) is 0 Å². The Kier molecular flexibility index (Phi) is 13.1. The first-order valence-corrected chi connectivity index (χ1v) is 10.2. The summed E-state index contributed by atoms with van der Waals surface area (Å²) in [6, 6.07) is 0. The van der Waals surface area contributed by atoms with Crippen LogP contribution < -0.4 is 0 Å². The largest absolute Gasteiger partial charge is 0.362 e. The van der Waals surface area contributed by atoms with E-state index < -0.39 is 0 Å². The zero-order valence-electron chi connectivity index (χ0n) is 15.6. The molecule has 1 rings (SSSR count). The second-order valence-corrected chi connectivity index (χ2v) is 6.92. The molecule has 0 amide bonds. The fourth-order valence-electron chi connectivity index (χ4n) is 3.14. The highest BCUT2D eigenvalue weighted by Crippen LogP contribution is 2.23. The molecule has 23 heavy (non-hydrogen) atoms. The summed E-state index contributed by atoms with van der Waals surface area (Å²) < 4.78 is 5.96. The Balaban J connectivity index is 1.94. The van der Waals surface area contributed by atoms with Gasteiger partial charge in [-0.05, 0) is 38.2 Å². The van der Waals surface area contributed by atoms with Crippen LogP contribution in [0.5, 0.6) is 0 Å². The van der Waals surface area contributed by atoms with E-state index in [1.807, 2.05) is 6.08 Å². The van der Waals surface area contributed by atoms with Crippen molar-refractivity contribution in [3.63, 3.8) is 0 Å². The van der Waals surface area contributed by atoms with Crippen LogP contribution in [0, 0.1) is 11.8 Å². The van der Waals surface area contributed by atoms with Crippen molar-refractivity contribution in [2.24, 2.45) is 0 Å². The van der Waals surface area contributed by atoms with Crippen LogP contribution in [0.4, 0.5) is 0 Å². The lowest BCUT2D eigenvalue weighted by Gasteiger charge is -2.08. The highest BCUT2D eigenvalue weighted by atomic mass is 16.5. The standard InChI is InChI=1S/C22H38O/c1-3-5-7-8-9-10-11-12-13-14-15-16-18-22-20-19-21(23-22)17-6-4-2/h14-15,21-22H,3-13,17,19-20H2,1-2H3/b15-14+/t21-,22+/m1/s1. The minimum absolute atomic E-state index is 0.185. The number of hydrogen-bond donors (Lipinski definition) is 0. The summed E-state index contributed by atoms with van der Waals surface area (Å²) in [6.07, 6.45) is 23.3. The number of allylic oxidation sites excluding steroid dienone is 2. The third-order valence-electron chi connectivity index (χ3n) is 4.66. The van der Waals surface area contributed by atoms with Crippen LogP contribution in [-0.2, 0) is 4.74 Å². The molecule has 0 unspecified atom stereocenters. The Bertz CT molecular complexity index is 347. The van der Waals surface area contributed by atoms with Gasteiger partial charge in [-0.3, -0.25) is 0 Å². The zero-order valence-corrected chi connectivity index (χ0v) is 15.6. The molecule has 1 aliphatic rings. The van der Waals surface area contributed by atoms with Gasteiger partial charge in [0.1, 0.15) is 6.10 Å². The molecule has 0 aliphatic carbocycles. The highest BCUT2D eigenvalue weighted by Gasteiger charge is 2.22. The van der Waals surface area contributed by atoms with Crippen LogP contribution in [-0.4, -0.2) is 12.2 Å². The molecular formula is C22H38O. The fourth-order valence-corrected chi connectivity index (χ4v) is 3.14. The van der Waals surface area contributed by atoms with Crippen molar-refractivity contribution in [3.05, 3.63) is 12.2 Å². The van der Waals surface area contributed by atoms with Crippen LogP contribution in [0.25, 0.3) is 0 Å². The first kappa shape index (κ1) is 20.3. The van der Waals surface area contributed by atoms with Crippen molar-refractivity contribution in [1.82, 2.24) is 0 Å². The molecule has 1 fully saturated rings. The minimum Gasteiger partial charge on any atom is -0.362 e. The lowest BCUT2D eigenvalue weighted by Crippen LogP contribution is -2.08. The van der Waals surface area contributed by atoms with Gasteiger partial charge in [-0.1, -0.05) is 89.6 Å². The molecule has 0 spiro atoms. The highest BCUT2D eigenvalue weighted by molar-refractivity contribution is 5.18. The van der Waals surface area contributed by atoms with Gasteiger partial charge in [0, 0.05) is 0 Å². The summed E-state index contributed by atoms with van der Waals surface area (Å²) in [5, 5.41) is 0. The van der Waals surface area contributed by atoms with Gasteiger partial charge >= 0.3 is 0 Å². The average Bonchev–Trinajstić information content (AvgIpc) is 3.02. The third-order valence-corrected chi connectivity index (χ3v) is 4.66. The summed E-state index contributed by atoms with van der Waals surface area (Å²) in [4.78, 5) is 0. The van der Waals surface area contributed by atoms with E-state index in [-0.39, 0.29) is 6.10 Å². The van der Waals surface area contributed by atoms with Crippen molar-refractivity contribution in [2.45, 2.75) is 116 Å². The Hall–Kier alpha value is -0.740. The molecule has 1 nitrogen and oxygen atoms in total. The normalized spacial score (nSPS) is 20.8. The fraction of sp³-hybridized carbons (Fsp3) is 0.818. The van der Waals surface area contributed by atoms with Crippen LogP contribution in [0.3, 0.4) is 0 Å². The molecule has 0 aromatic carbocycles. The van der Waals surface area contributed by atoms with E-state index in [1.165, 1.54) is 83.5 Å². The molecule has 1 saturated heterocycles. The second-order valence-electron chi connectivity index (χ2n) is 6.92. The summed E-state index contributed by atoms with van der Waals surface area (Å²) in [7, 11) is 0. The maximum Gasteiger partial charge on any atom is 0.119 e. The predicted octanol–water partition coefficient (Wildman–Crippen LogP) is 6.81. The molecule has 0 radical (unpaired) electrons. The van der Waals surface area contributed by atoms with Crippen molar-refractivity contribution >= 4 is 0 Å².